The molecular formula is C20H24N2O3. The van der Waals surface area contributed by atoms with Crippen LogP contribution in [0.25, 0.3) is 0 Å². The van der Waals surface area contributed by atoms with E-state index in [1.54, 1.807) is 0 Å². The Kier molecular flexibility index (Phi) is 2.91. The number of rotatable bonds is 4. The molecule has 1 aromatic carbocycles. The molecule has 4 fully saturated rings. The van der Waals surface area contributed by atoms with Crippen LogP contribution in [0.1, 0.15) is 30.4 Å². The van der Waals surface area contributed by atoms with Crippen molar-refractivity contribution in [2.75, 3.05) is 19.7 Å². The summed E-state index contributed by atoms with van der Waals surface area (Å²) in [6.07, 6.45) is 2.35. The molecule has 1 heterocycles. The van der Waals surface area contributed by atoms with Gasteiger partial charge in [-0.05, 0) is 43.6 Å². The average molecular weight is 340 g/mol. The van der Waals surface area contributed by atoms with E-state index >= 15 is 0 Å². The predicted molar refractivity (Wildman–Crippen MR) is 91.7 cm³/mol. The van der Waals surface area contributed by atoms with E-state index in [9.17, 15) is 9.59 Å². The molecule has 132 valence electrons. The second-order valence-electron chi connectivity index (χ2n) is 8.73. The zero-order valence-corrected chi connectivity index (χ0v) is 14.5. The highest BCUT2D eigenvalue weighted by Gasteiger charge is 2.71. The summed E-state index contributed by atoms with van der Waals surface area (Å²) in [5, 5.41) is 0. The molecule has 3 saturated carbocycles. The van der Waals surface area contributed by atoms with Crippen molar-refractivity contribution in [2.45, 2.75) is 31.6 Å². The molecule has 0 bridgehead atoms. The van der Waals surface area contributed by atoms with Crippen molar-refractivity contribution in [3.05, 3.63) is 35.4 Å². The van der Waals surface area contributed by atoms with Crippen LogP contribution in [0.4, 0.5) is 4.79 Å². The van der Waals surface area contributed by atoms with Crippen LogP contribution < -0.4 is 5.73 Å². The number of nitrogens with two attached hydrogens (primary N) is 1. The van der Waals surface area contributed by atoms with Gasteiger partial charge >= 0.3 is 6.09 Å². The summed E-state index contributed by atoms with van der Waals surface area (Å²) in [4.78, 5) is 25.8. The fraction of sp³-hybridized carbons (Fsp3) is 0.600. The lowest BCUT2D eigenvalue weighted by Crippen LogP contribution is -2.44. The molecule has 5 atom stereocenters. The Bertz CT molecular complexity index is 761. The minimum absolute atomic E-state index is 0.0621. The van der Waals surface area contributed by atoms with E-state index < -0.39 is 6.09 Å². The van der Waals surface area contributed by atoms with Crippen molar-refractivity contribution in [3.8, 4) is 0 Å². The number of likely N-dealkylation sites (tertiary alicyclic amines) is 1. The van der Waals surface area contributed by atoms with Crippen LogP contribution in [-0.2, 0) is 14.9 Å². The van der Waals surface area contributed by atoms with Crippen molar-refractivity contribution in [1.29, 1.82) is 0 Å². The third-order valence-electron chi connectivity index (χ3n) is 7.27. The number of primary amides is 1. The van der Waals surface area contributed by atoms with Crippen molar-refractivity contribution in [2.24, 2.45) is 28.9 Å². The summed E-state index contributed by atoms with van der Waals surface area (Å²) in [5.74, 6) is 1.47. The lowest BCUT2D eigenvalue weighted by atomic mass is 9.74. The number of fused-ring (bicyclic) bond motifs is 2. The number of aryl methyl sites for hydroxylation is 1. The van der Waals surface area contributed by atoms with Crippen molar-refractivity contribution in [1.82, 2.24) is 4.90 Å². The first-order valence-electron chi connectivity index (χ1n) is 9.22. The monoisotopic (exact) mass is 340 g/mol. The molecule has 5 nitrogen and oxygen atoms in total. The quantitative estimate of drug-likeness (QED) is 0.913. The Morgan fingerprint density at radius 3 is 2.68 bits per heavy atom. The molecule has 1 aromatic rings. The predicted octanol–water partition coefficient (Wildman–Crippen LogP) is 2.22. The van der Waals surface area contributed by atoms with Gasteiger partial charge in [-0.2, -0.15) is 0 Å². The molecular weight excluding hydrogens is 316 g/mol. The maximum atomic E-state index is 12.9. The van der Waals surface area contributed by atoms with E-state index in [-0.39, 0.29) is 16.7 Å². The molecule has 4 aliphatic rings. The van der Waals surface area contributed by atoms with Gasteiger partial charge in [0, 0.05) is 29.8 Å². The van der Waals surface area contributed by atoms with Gasteiger partial charge in [-0.1, -0.05) is 29.8 Å². The number of carbonyl (C=O) groups is 2. The minimum atomic E-state index is -0.713. The second-order valence-corrected chi connectivity index (χ2v) is 8.73. The molecule has 2 N–H and O–H groups in total. The van der Waals surface area contributed by atoms with Gasteiger partial charge in [0.25, 0.3) is 0 Å². The molecule has 5 rings (SSSR count). The Morgan fingerprint density at radius 1 is 1.24 bits per heavy atom. The summed E-state index contributed by atoms with van der Waals surface area (Å²) >= 11 is 0. The highest BCUT2D eigenvalue weighted by molar-refractivity contribution is 5.82. The number of carbonyl (C=O) groups excluding carboxylic acids is 2. The first-order chi connectivity index (χ1) is 11.9. The Balaban J connectivity index is 1.22. The highest BCUT2D eigenvalue weighted by Crippen LogP contribution is 2.71. The first kappa shape index (κ1) is 15.2. The minimum Gasteiger partial charge on any atom is -0.449 e. The summed E-state index contributed by atoms with van der Waals surface area (Å²) in [6.45, 7) is 4.26. The van der Waals surface area contributed by atoms with Gasteiger partial charge in [0.15, 0.2) is 0 Å². The Morgan fingerprint density at radius 2 is 2.00 bits per heavy atom. The third-order valence-corrected chi connectivity index (χ3v) is 7.27. The molecule has 25 heavy (non-hydrogen) atoms. The SMILES string of the molecule is Cc1ccc([C@@]23C[C@@H]2CN(C(=O)[C@@H]2C[C@]4(COC(N)=O)CC24)C3)cc1. The van der Waals surface area contributed by atoms with Crippen LogP contribution in [0.2, 0.25) is 0 Å². The number of nitrogens with zero attached hydrogens (tertiary/aromatic N) is 1. The second kappa shape index (κ2) is 4.77. The van der Waals surface area contributed by atoms with Crippen molar-refractivity contribution in [3.63, 3.8) is 0 Å². The van der Waals surface area contributed by atoms with Gasteiger partial charge in [0.1, 0.15) is 0 Å². The largest absolute Gasteiger partial charge is 0.449 e. The maximum absolute atomic E-state index is 12.9. The normalized spacial score (nSPS) is 39.9. The summed E-state index contributed by atoms with van der Waals surface area (Å²) in [6, 6.07) is 8.82. The summed E-state index contributed by atoms with van der Waals surface area (Å²) < 4.78 is 4.97. The number of ether oxygens (including phenoxy) is 1. The smallest absolute Gasteiger partial charge is 0.404 e. The van der Waals surface area contributed by atoms with Crippen LogP contribution >= 0.6 is 0 Å². The number of hydrogen-bond acceptors (Lipinski definition) is 3. The number of amides is 2. The molecule has 3 aliphatic carbocycles. The Hall–Kier alpha value is -2.04. The van der Waals surface area contributed by atoms with Crippen LogP contribution in [0.15, 0.2) is 24.3 Å². The van der Waals surface area contributed by atoms with Crippen LogP contribution in [0.5, 0.6) is 0 Å². The molecule has 0 spiro atoms. The van der Waals surface area contributed by atoms with Gasteiger partial charge in [0.05, 0.1) is 6.61 Å². The molecule has 1 aliphatic heterocycles. The summed E-state index contributed by atoms with van der Waals surface area (Å²) in [7, 11) is 0. The highest BCUT2D eigenvalue weighted by atomic mass is 16.5. The van der Waals surface area contributed by atoms with E-state index in [0.717, 1.165) is 25.9 Å². The average Bonchev–Trinajstić information content (AvgIpc) is 3.37. The van der Waals surface area contributed by atoms with E-state index in [1.807, 2.05) is 0 Å². The van der Waals surface area contributed by atoms with Crippen LogP contribution in [0.3, 0.4) is 0 Å². The lowest BCUT2D eigenvalue weighted by Gasteiger charge is -2.36. The van der Waals surface area contributed by atoms with E-state index in [1.165, 1.54) is 17.5 Å². The molecule has 1 saturated heterocycles. The van der Waals surface area contributed by atoms with E-state index in [2.05, 4.69) is 36.1 Å². The van der Waals surface area contributed by atoms with Gasteiger partial charge < -0.3 is 15.4 Å². The van der Waals surface area contributed by atoms with Gasteiger partial charge in [0.2, 0.25) is 5.91 Å². The van der Waals surface area contributed by atoms with Crippen LogP contribution in [-0.4, -0.2) is 36.6 Å². The molecule has 1 unspecified atom stereocenters. The maximum Gasteiger partial charge on any atom is 0.404 e. The van der Waals surface area contributed by atoms with Gasteiger partial charge in [-0.25, -0.2) is 4.79 Å². The van der Waals surface area contributed by atoms with E-state index in [0.29, 0.717) is 24.3 Å². The van der Waals surface area contributed by atoms with Gasteiger partial charge in [-0.15, -0.1) is 0 Å². The summed E-state index contributed by atoms with van der Waals surface area (Å²) in [5.41, 5.74) is 8.00. The molecule has 0 radical (unpaired) electrons. The zero-order valence-electron chi connectivity index (χ0n) is 14.5. The molecule has 0 aromatic heterocycles. The number of benzene rings is 1. The lowest BCUT2D eigenvalue weighted by molar-refractivity contribution is -0.140. The first-order valence-corrected chi connectivity index (χ1v) is 9.22. The standard InChI is InChI=1S/C20H24N2O3/c1-12-2-4-13(5-3-12)20-6-14(20)9-22(10-20)17(23)15-7-19(8-16(15)19)11-25-18(21)24/h2-5,14-16H,6-11H2,1H3,(H2,21,24)/t14-,15-,16?,19-,20+/m1/s1. The van der Waals surface area contributed by atoms with Crippen molar-refractivity contribution >= 4 is 12.0 Å². The van der Waals surface area contributed by atoms with Crippen LogP contribution in [0, 0.1) is 30.1 Å². The fourth-order valence-corrected chi connectivity index (χ4v) is 5.52. The number of piperidine rings is 1. The Labute approximate surface area is 147 Å². The van der Waals surface area contributed by atoms with Gasteiger partial charge in [-0.3, -0.25) is 4.79 Å². The van der Waals surface area contributed by atoms with E-state index in [4.69, 9.17) is 10.5 Å². The zero-order chi connectivity index (χ0) is 17.4. The molecule has 2 amide bonds. The molecule has 5 heteroatoms. The topological polar surface area (TPSA) is 72.6 Å². The van der Waals surface area contributed by atoms with Crippen molar-refractivity contribution < 1.29 is 14.3 Å². The number of hydrogen-bond donors (Lipinski definition) is 1. The third kappa shape index (κ3) is 2.14. The fourth-order valence-electron chi connectivity index (χ4n) is 5.52.